The third-order valence-electron chi connectivity index (χ3n) is 4.37. The second-order valence-corrected chi connectivity index (χ2v) is 7.82. The van der Waals surface area contributed by atoms with Crippen LogP contribution in [0.1, 0.15) is 34.8 Å². The Hall–Kier alpha value is -1.29. The van der Waals surface area contributed by atoms with Gasteiger partial charge in [0.2, 0.25) is 0 Å². The van der Waals surface area contributed by atoms with Crippen LogP contribution in [0.5, 0.6) is 0 Å². The Morgan fingerprint density at radius 1 is 1.07 bits per heavy atom. The third kappa shape index (κ3) is 8.38. The minimum atomic E-state index is 0. The monoisotopic (exact) mass is 516 g/mol. The minimum absolute atomic E-state index is 0. The lowest BCUT2D eigenvalue weighted by Crippen LogP contribution is -2.39. The highest BCUT2D eigenvalue weighted by molar-refractivity contribution is 14.0. The van der Waals surface area contributed by atoms with E-state index in [0.29, 0.717) is 6.54 Å². The minimum Gasteiger partial charge on any atom is -0.356 e. The Kier molecular flexibility index (Phi) is 11.5. The SMILES string of the molecule is CSCCCNC(=NCc1nnc(C)n1C)NCCc1cc(C)cc(C)c1.I. The van der Waals surface area contributed by atoms with E-state index in [1.807, 2.05) is 30.3 Å². The third-order valence-corrected chi connectivity index (χ3v) is 5.06. The van der Waals surface area contributed by atoms with Crippen molar-refractivity contribution in [3.05, 3.63) is 46.5 Å². The Balaban J connectivity index is 0.00000392. The number of hydrogen-bond acceptors (Lipinski definition) is 4. The highest BCUT2D eigenvalue weighted by Gasteiger charge is 2.05. The molecule has 0 atom stereocenters. The molecule has 0 aliphatic rings. The largest absolute Gasteiger partial charge is 0.356 e. The molecule has 2 rings (SSSR count). The number of guanidine groups is 1. The van der Waals surface area contributed by atoms with Crippen LogP contribution in [0.25, 0.3) is 0 Å². The second kappa shape index (κ2) is 13.0. The molecule has 2 N–H and O–H groups in total. The predicted octanol–water partition coefficient (Wildman–Crippen LogP) is 3.39. The van der Waals surface area contributed by atoms with Gasteiger partial charge < -0.3 is 15.2 Å². The van der Waals surface area contributed by atoms with Crippen LogP contribution < -0.4 is 10.6 Å². The van der Waals surface area contributed by atoms with Crippen molar-refractivity contribution in [3.63, 3.8) is 0 Å². The lowest BCUT2D eigenvalue weighted by atomic mass is 10.1. The molecule has 0 amide bonds. The van der Waals surface area contributed by atoms with E-state index >= 15 is 0 Å². The fourth-order valence-electron chi connectivity index (χ4n) is 2.87. The van der Waals surface area contributed by atoms with Crippen molar-refractivity contribution in [1.29, 1.82) is 0 Å². The van der Waals surface area contributed by atoms with Crippen molar-refractivity contribution in [2.24, 2.45) is 12.0 Å². The maximum absolute atomic E-state index is 4.70. The summed E-state index contributed by atoms with van der Waals surface area (Å²) in [4.78, 5) is 4.70. The van der Waals surface area contributed by atoms with Crippen molar-refractivity contribution in [2.75, 3.05) is 25.1 Å². The zero-order valence-corrected chi connectivity index (χ0v) is 20.7. The number of aromatic nitrogens is 3. The lowest BCUT2D eigenvalue weighted by Gasteiger charge is -2.13. The molecule has 0 saturated heterocycles. The van der Waals surface area contributed by atoms with Crippen LogP contribution in [0.4, 0.5) is 0 Å². The first-order valence-corrected chi connectivity index (χ1v) is 10.8. The molecule has 0 aliphatic heterocycles. The fraction of sp³-hybridized carbons (Fsp3) is 0.550. The van der Waals surface area contributed by atoms with Gasteiger partial charge in [0, 0.05) is 20.1 Å². The van der Waals surface area contributed by atoms with Crippen molar-refractivity contribution in [1.82, 2.24) is 25.4 Å². The Morgan fingerprint density at radius 2 is 1.75 bits per heavy atom. The second-order valence-electron chi connectivity index (χ2n) is 6.83. The summed E-state index contributed by atoms with van der Waals surface area (Å²) in [6.07, 6.45) is 4.21. The summed E-state index contributed by atoms with van der Waals surface area (Å²) in [5, 5.41) is 15.2. The molecule has 0 saturated carbocycles. The maximum Gasteiger partial charge on any atom is 0.191 e. The van der Waals surface area contributed by atoms with E-state index in [2.05, 4.69) is 59.1 Å². The molecule has 0 unspecified atom stereocenters. The molecule has 0 fully saturated rings. The molecule has 28 heavy (non-hydrogen) atoms. The van der Waals surface area contributed by atoms with E-state index in [1.165, 1.54) is 16.7 Å². The van der Waals surface area contributed by atoms with E-state index < -0.39 is 0 Å². The first kappa shape index (κ1) is 24.7. The summed E-state index contributed by atoms with van der Waals surface area (Å²) >= 11 is 1.86. The summed E-state index contributed by atoms with van der Waals surface area (Å²) in [7, 11) is 1.97. The van der Waals surface area contributed by atoms with Gasteiger partial charge in [0.05, 0.1) is 0 Å². The van der Waals surface area contributed by atoms with Gasteiger partial charge in [-0.2, -0.15) is 11.8 Å². The van der Waals surface area contributed by atoms with Crippen LogP contribution in [-0.2, 0) is 20.0 Å². The smallest absolute Gasteiger partial charge is 0.191 e. The van der Waals surface area contributed by atoms with E-state index in [9.17, 15) is 0 Å². The summed E-state index contributed by atoms with van der Waals surface area (Å²) in [5.74, 6) is 3.75. The topological polar surface area (TPSA) is 67.1 Å². The van der Waals surface area contributed by atoms with Crippen molar-refractivity contribution in [3.8, 4) is 0 Å². The van der Waals surface area contributed by atoms with Crippen LogP contribution in [0.3, 0.4) is 0 Å². The van der Waals surface area contributed by atoms with Gasteiger partial charge in [0.1, 0.15) is 12.4 Å². The fourth-order valence-corrected chi connectivity index (χ4v) is 3.31. The molecule has 8 heteroatoms. The van der Waals surface area contributed by atoms with Gasteiger partial charge in [-0.3, -0.25) is 0 Å². The van der Waals surface area contributed by atoms with Gasteiger partial charge in [-0.25, -0.2) is 4.99 Å². The molecule has 0 spiro atoms. The van der Waals surface area contributed by atoms with Crippen molar-refractivity contribution >= 4 is 41.7 Å². The van der Waals surface area contributed by atoms with E-state index in [4.69, 9.17) is 4.99 Å². The van der Waals surface area contributed by atoms with Crippen molar-refractivity contribution in [2.45, 2.75) is 40.2 Å². The van der Waals surface area contributed by atoms with Gasteiger partial charge in [-0.05, 0) is 51.2 Å². The van der Waals surface area contributed by atoms with Crippen LogP contribution in [-0.4, -0.2) is 45.8 Å². The summed E-state index contributed by atoms with van der Waals surface area (Å²) in [6, 6.07) is 6.71. The van der Waals surface area contributed by atoms with Crippen LogP contribution in [0, 0.1) is 20.8 Å². The Labute approximate surface area is 190 Å². The number of benzene rings is 1. The maximum atomic E-state index is 4.70. The molecule has 0 radical (unpaired) electrons. The molecule has 6 nitrogen and oxygen atoms in total. The summed E-state index contributed by atoms with van der Waals surface area (Å²) in [5.41, 5.74) is 3.98. The molecule has 1 heterocycles. The molecular weight excluding hydrogens is 483 g/mol. The van der Waals surface area contributed by atoms with Crippen molar-refractivity contribution < 1.29 is 0 Å². The van der Waals surface area contributed by atoms with Gasteiger partial charge in [-0.1, -0.05) is 29.3 Å². The number of aliphatic imine (C=N–C) groups is 1. The number of nitrogens with zero attached hydrogens (tertiary/aromatic N) is 4. The average Bonchev–Trinajstić information content (AvgIpc) is 2.94. The van der Waals surface area contributed by atoms with Gasteiger partial charge in [-0.15, -0.1) is 34.2 Å². The first-order chi connectivity index (χ1) is 13.0. The van der Waals surface area contributed by atoms with Crippen LogP contribution in [0.2, 0.25) is 0 Å². The number of rotatable bonds is 9. The highest BCUT2D eigenvalue weighted by Crippen LogP contribution is 2.09. The zero-order chi connectivity index (χ0) is 19.6. The standard InChI is InChI=1S/C20H32N6S.HI/c1-15-11-16(2)13-18(12-15)7-9-22-20(21-8-6-10-27-5)23-14-19-25-24-17(3)26(19)4;/h11-13H,6-10,14H2,1-5H3,(H2,21,22,23);1H. The summed E-state index contributed by atoms with van der Waals surface area (Å²) < 4.78 is 1.98. The van der Waals surface area contributed by atoms with E-state index in [0.717, 1.165) is 49.3 Å². The Morgan fingerprint density at radius 3 is 2.36 bits per heavy atom. The summed E-state index contributed by atoms with van der Waals surface area (Å²) in [6.45, 7) is 8.51. The number of aryl methyl sites for hydroxylation is 3. The number of hydrogen-bond donors (Lipinski definition) is 2. The van der Waals surface area contributed by atoms with Gasteiger partial charge in [0.25, 0.3) is 0 Å². The molecule has 2 aromatic rings. The highest BCUT2D eigenvalue weighted by atomic mass is 127. The van der Waals surface area contributed by atoms with Crippen LogP contribution >= 0.6 is 35.7 Å². The van der Waals surface area contributed by atoms with Gasteiger partial charge in [0.15, 0.2) is 11.8 Å². The molecule has 156 valence electrons. The number of halogens is 1. The van der Waals surface area contributed by atoms with E-state index in [1.54, 1.807) is 0 Å². The van der Waals surface area contributed by atoms with Crippen LogP contribution in [0.15, 0.2) is 23.2 Å². The quantitative estimate of drug-likeness (QED) is 0.232. The number of nitrogens with one attached hydrogen (secondary N) is 2. The Bertz CT molecular complexity index is 739. The predicted molar refractivity (Wildman–Crippen MR) is 131 cm³/mol. The lowest BCUT2D eigenvalue weighted by molar-refractivity contribution is 0.742. The normalized spacial score (nSPS) is 11.2. The molecule has 1 aromatic carbocycles. The molecule has 0 aliphatic carbocycles. The molecule has 1 aromatic heterocycles. The zero-order valence-electron chi connectivity index (χ0n) is 17.6. The van der Waals surface area contributed by atoms with E-state index in [-0.39, 0.29) is 24.0 Å². The first-order valence-electron chi connectivity index (χ1n) is 9.42. The molecule has 0 bridgehead atoms. The van der Waals surface area contributed by atoms with Gasteiger partial charge >= 0.3 is 0 Å². The molecular formula is C20H33IN6S. The number of thioether (sulfide) groups is 1. The average molecular weight is 516 g/mol.